The summed E-state index contributed by atoms with van der Waals surface area (Å²) in [4.78, 5) is 37.4. The highest BCUT2D eigenvalue weighted by molar-refractivity contribution is 8.01. The zero-order chi connectivity index (χ0) is 27.4. The molecule has 1 aliphatic rings. The third-order valence-corrected chi connectivity index (χ3v) is 18.0. The molecule has 4 unspecified atom stereocenters. The van der Waals surface area contributed by atoms with Gasteiger partial charge in [0.25, 0.3) is 0 Å². The number of imidazole rings is 1. The van der Waals surface area contributed by atoms with Gasteiger partial charge in [-0.2, -0.15) is 9.97 Å². The number of nitrogen functional groups attached to an aromatic ring is 1. The van der Waals surface area contributed by atoms with Gasteiger partial charge in [0, 0.05) is 13.0 Å². The van der Waals surface area contributed by atoms with Gasteiger partial charge in [-0.3, -0.25) is 4.79 Å². The van der Waals surface area contributed by atoms with Gasteiger partial charge >= 0.3 is 0 Å². The number of aromatic nitrogens is 4. The summed E-state index contributed by atoms with van der Waals surface area (Å²) in [7, 11) is -3.17. The minimum atomic E-state index is -2.57. The Kier molecular flexibility index (Phi) is 8.03. The van der Waals surface area contributed by atoms with E-state index in [2.05, 4.69) is 68.0 Å². The van der Waals surface area contributed by atoms with Crippen LogP contribution in [0.3, 0.4) is 0 Å². The van der Waals surface area contributed by atoms with Crippen LogP contribution in [0.4, 0.5) is 5.82 Å². The van der Waals surface area contributed by atoms with Gasteiger partial charge in [-0.25, -0.2) is 4.98 Å². The summed E-state index contributed by atoms with van der Waals surface area (Å²) < 4.78 is 8.98. The van der Waals surface area contributed by atoms with E-state index in [4.69, 9.17) is 21.8 Å². The maximum Gasteiger partial charge on any atom is 0.235 e. The Hall–Kier alpha value is -1.19. The van der Waals surface area contributed by atoms with E-state index >= 15 is 0 Å². The van der Waals surface area contributed by atoms with Gasteiger partial charge in [0.05, 0.1) is 17.8 Å². The van der Waals surface area contributed by atoms with Crippen LogP contribution in [0.5, 0.6) is 0 Å². The summed E-state index contributed by atoms with van der Waals surface area (Å²) in [5.74, 6) is 0.0308. The Morgan fingerprint density at radius 1 is 1.25 bits per heavy atom. The summed E-state index contributed by atoms with van der Waals surface area (Å²) in [5, 5.41) is 1.84. The molecule has 3 rings (SSSR count). The minimum Gasteiger partial charge on any atom is -0.432 e. The summed E-state index contributed by atoms with van der Waals surface area (Å²) >= 11 is 7.71. The van der Waals surface area contributed by atoms with Crippen molar-refractivity contribution in [1.82, 2.24) is 24.8 Å². The number of halogens is 1. The van der Waals surface area contributed by atoms with E-state index in [0.29, 0.717) is 17.6 Å². The van der Waals surface area contributed by atoms with Gasteiger partial charge in [0.2, 0.25) is 11.2 Å². The number of nitrogens with two attached hydrogens (primary N) is 1. The Balaban J connectivity index is 2.20. The number of thioether (sulfide) groups is 1. The first-order valence-corrected chi connectivity index (χ1v) is 19.4. The first kappa shape index (κ1) is 29.4. The molecule has 202 valence electrons. The Morgan fingerprint density at radius 2 is 1.86 bits per heavy atom. The molecule has 0 radical (unpaired) electrons. The lowest BCUT2D eigenvalue weighted by atomic mass is 9.89. The Bertz CT molecular complexity index is 1130. The van der Waals surface area contributed by atoms with Gasteiger partial charge in [0.1, 0.15) is 10.8 Å². The SMILES string of the molecule is CNC(=O)C1SC(n2cnc3c(N)nc(Cl)nc32)C(CC(C)(C)[Si](C)(C)O)C1O[Si](C)(C)C(C)(C)C. The lowest BCUT2D eigenvalue weighted by Gasteiger charge is -2.44. The topological polar surface area (TPSA) is 128 Å². The number of nitrogens with zero attached hydrogens (tertiary/aromatic N) is 4. The molecule has 2 aromatic heterocycles. The van der Waals surface area contributed by atoms with Gasteiger partial charge < -0.3 is 24.8 Å². The number of nitrogens with one attached hydrogen (secondary N) is 1. The number of fused-ring (bicyclic) bond motifs is 1. The van der Waals surface area contributed by atoms with Crippen LogP contribution < -0.4 is 11.1 Å². The van der Waals surface area contributed by atoms with Crippen molar-refractivity contribution in [3.63, 3.8) is 0 Å². The van der Waals surface area contributed by atoms with Crippen molar-refractivity contribution in [2.75, 3.05) is 12.8 Å². The molecule has 0 aliphatic carbocycles. The Morgan fingerprint density at radius 3 is 2.39 bits per heavy atom. The standard InChI is InChI=1S/C23H41ClN6O3SSi2/c1-22(2,3)36(9,10)33-15-13(11-23(4,5)35(7,8)32)20(34-16(15)19(31)26-6)30-12-27-14-17(25)28-21(24)29-18(14)30/h12-13,15-16,20,32H,11H2,1-10H3,(H,26,31)(H2,25,28,29). The molecule has 1 amide bonds. The monoisotopic (exact) mass is 572 g/mol. The largest absolute Gasteiger partial charge is 0.432 e. The van der Waals surface area contributed by atoms with E-state index in [1.165, 1.54) is 0 Å². The second kappa shape index (κ2) is 9.84. The molecule has 1 saturated heterocycles. The van der Waals surface area contributed by atoms with Crippen molar-refractivity contribution >= 4 is 62.9 Å². The van der Waals surface area contributed by atoms with Crippen LogP contribution >= 0.6 is 23.4 Å². The molecule has 3 heterocycles. The molecule has 1 aliphatic heterocycles. The number of anilines is 1. The maximum atomic E-state index is 13.2. The third-order valence-electron chi connectivity index (χ3n) is 8.21. The molecule has 4 atom stereocenters. The fourth-order valence-corrected chi connectivity index (χ4v) is 8.20. The van der Waals surface area contributed by atoms with Crippen molar-refractivity contribution in [3.05, 3.63) is 11.6 Å². The molecule has 0 spiro atoms. The predicted molar refractivity (Wildman–Crippen MR) is 153 cm³/mol. The van der Waals surface area contributed by atoms with Crippen LogP contribution in [0.1, 0.15) is 46.4 Å². The number of amides is 1. The van der Waals surface area contributed by atoms with E-state index in [-0.39, 0.29) is 44.5 Å². The van der Waals surface area contributed by atoms with Gasteiger partial charge in [0.15, 0.2) is 28.1 Å². The van der Waals surface area contributed by atoms with Gasteiger partial charge in [-0.15, -0.1) is 11.8 Å². The number of carbonyl (C=O) groups excluding carboxylic acids is 1. The number of carbonyl (C=O) groups is 1. The molecule has 0 saturated carbocycles. The van der Waals surface area contributed by atoms with Crippen molar-refractivity contribution in [2.24, 2.45) is 5.92 Å². The van der Waals surface area contributed by atoms with Gasteiger partial charge in [-0.1, -0.05) is 34.6 Å². The fraction of sp³-hybridized carbons (Fsp3) is 0.739. The van der Waals surface area contributed by atoms with E-state index in [1.807, 2.05) is 17.7 Å². The molecule has 2 aromatic rings. The van der Waals surface area contributed by atoms with E-state index in [0.717, 1.165) is 0 Å². The normalized spacial score (nSPS) is 23.9. The average molecular weight is 573 g/mol. The highest BCUT2D eigenvalue weighted by atomic mass is 35.5. The van der Waals surface area contributed by atoms with Crippen molar-refractivity contribution < 1.29 is 14.0 Å². The number of hydrogen-bond donors (Lipinski definition) is 3. The predicted octanol–water partition coefficient (Wildman–Crippen LogP) is 4.80. The smallest absolute Gasteiger partial charge is 0.235 e. The summed E-state index contributed by atoms with van der Waals surface area (Å²) in [5.41, 5.74) is 7.09. The van der Waals surface area contributed by atoms with Crippen LogP contribution in [0.25, 0.3) is 11.2 Å². The molecular formula is C23H41ClN6O3SSi2. The first-order chi connectivity index (χ1) is 16.3. The zero-order valence-electron chi connectivity index (χ0n) is 23.0. The zero-order valence-corrected chi connectivity index (χ0v) is 26.6. The maximum absolute atomic E-state index is 13.2. The molecule has 0 bridgehead atoms. The lowest BCUT2D eigenvalue weighted by molar-refractivity contribution is -0.122. The molecule has 4 N–H and O–H groups in total. The molecule has 9 nitrogen and oxygen atoms in total. The van der Waals surface area contributed by atoms with Gasteiger partial charge in [-0.05, 0) is 54.3 Å². The average Bonchev–Trinajstić information content (AvgIpc) is 3.27. The van der Waals surface area contributed by atoms with Crippen LogP contribution in [0, 0.1) is 5.92 Å². The molecule has 0 aromatic carbocycles. The second-order valence-corrected chi connectivity index (χ2v) is 23.2. The summed E-state index contributed by atoms with van der Waals surface area (Å²) in [6.07, 6.45) is 2.01. The summed E-state index contributed by atoms with van der Waals surface area (Å²) in [6, 6.07) is 0. The van der Waals surface area contributed by atoms with E-state index in [9.17, 15) is 9.59 Å². The second-order valence-electron chi connectivity index (χ2n) is 12.4. The lowest BCUT2D eigenvalue weighted by Crippen LogP contribution is -2.51. The minimum absolute atomic E-state index is 0.0367. The van der Waals surface area contributed by atoms with E-state index in [1.54, 1.807) is 25.1 Å². The molecule has 1 fully saturated rings. The van der Waals surface area contributed by atoms with Crippen molar-refractivity contribution in [2.45, 2.75) is 94.0 Å². The van der Waals surface area contributed by atoms with E-state index < -0.39 is 21.9 Å². The highest BCUT2D eigenvalue weighted by Crippen LogP contribution is 2.56. The number of hydrogen-bond acceptors (Lipinski definition) is 8. The van der Waals surface area contributed by atoms with Crippen LogP contribution in [0.15, 0.2) is 6.33 Å². The van der Waals surface area contributed by atoms with Crippen molar-refractivity contribution in [1.29, 1.82) is 0 Å². The molecule has 36 heavy (non-hydrogen) atoms. The van der Waals surface area contributed by atoms with Crippen LogP contribution in [-0.2, 0) is 9.22 Å². The number of rotatable bonds is 7. The van der Waals surface area contributed by atoms with Crippen molar-refractivity contribution in [3.8, 4) is 0 Å². The molecule has 13 heteroatoms. The third kappa shape index (κ3) is 5.48. The fourth-order valence-electron chi connectivity index (χ4n) is 4.16. The quantitative estimate of drug-likeness (QED) is 0.319. The van der Waals surface area contributed by atoms with Crippen LogP contribution in [0.2, 0.25) is 41.5 Å². The summed E-state index contributed by atoms with van der Waals surface area (Å²) in [6.45, 7) is 19.2. The first-order valence-electron chi connectivity index (χ1n) is 12.2. The van der Waals surface area contributed by atoms with Crippen LogP contribution in [-0.4, -0.2) is 65.3 Å². The highest BCUT2D eigenvalue weighted by Gasteiger charge is 2.55. The Labute approximate surface area is 225 Å². The molecular weight excluding hydrogens is 532 g/mol.